The third-order valence-corrected chi connectivity index (χ3v) is 5.85. The van der Waals surface area contributed by atoms with E-state index in [0.717, 1.165) is 15.7 Å². The minimum Gasteiger partial charge on any atom is -0.489 e. The van der Waals surface area contributed by atoms with Gasteiger partial charge >= 0.3 is 0 Å². The molecule has 2 aromatic carbocycles. The minimum atomic E-state index is -0.0592. The second kappa shape index (κ2) is 10.3. The molecule has 1 amide bonds. The molecular formula is C23H22BrClN2O2S. The monoisotopic (exact) mass is 504 g/mol. The average Bonchev–Trinajstić information content (AvgIpc) is 2.97. The van der Waals surface area contributed by atoms with Gasteiger partial charge in [-0.3, -0.25) is 9.69 Å². The number of hydrogen-bond acceptors (Lipinski definition) is 4. The largest absolute Gasteiger partial charge is 0.489 e. The fourth-order valence-corrected chi connectivity index (χ4v) is 4.30. The highest BCUT2D eigenvalue weighted by Crippen LogP contribution is 2.36. The first-order chi connectivity index (χ1) is 14.4. The molecule has 30 heavy (non-hydrogen) atoms. The van der Waals surface area contributed by atoms with Crippen molar-refractivity contribution >= 4 is 62.1 Å². The third kappa shape index (κ3) is 5.78. The van der Waals surface area contributed by atoms with Gasteiger partial charge in [0.15, 0.2) is 5.17 Å². The Morgan fingerprint density at radius 3 is 2.67 bits per heavy atom. The number of amidine groups is 1. The van der Waals surface area contributed by atoms with E-state index in [-0.39, 0.29) is 5.91 Å². The molecule has 7 heteroatoms. The zero-order valence-corrected chi connectivity index (χ0v) is 19.9. The predicted molar refractivity (Wildman–Crippen MR) is 130 cm³/mol. The van der Waals surface area contributed by atoms with Crippen molar-refractivity contribution in [2.45, 2.75) is 13.8 Å². The summed E-state index contributed by atoms with van der Waals surface area (Å²) in [5, 5.41) is 1.31. The van der Waals surface area contributed by atoms with E-state index in [4.69, 9.17) is 21.3 Å². The van der Waals surface area contributed by atoms with E-state index >= 15 is 0 Å². The fraction of sp³-hybridized carbons (Fsp3) is 0.217. The van der Waals surface area contributed by atoms with Crippen molar-refractivity contribution in [1.29, 1.82) is 0 Å². The van der Waals surface area contributed by atoms with Crippen LogP contribution in [0.25, 0.3) is 6.08 Å². The number of rotatable bonds is 7. The van der Waals surface area contributed by atoms with Gasteiger partial charge in [-0.15, -0.1) is 0 Å². The maximum atomic E-state index is 13.2. The van der Waals surface area contributed by atoms with E-state index in [0.29, 0.717) is 39.9 Å². The summed E-state index contributed by atoms with van der Waals surface area (Å²) in [6.07, 6.45) is 3.55. The first kappa shape index (κ1) is 22.7. The van der Waals surface area contributed by atoms with E-state index in [1.165, 1.54) is 11.8 Å². The number of amides is 1. The Balaban J connectivity index is 1.98. The summed E-state index contributed by atoms with van der Waals surface area (Å²) < 4.78 is 6.66. The fourth-order valence-electron chi connectivity index (χ4n) is 2.80. The molecule has 0 saturated carbocycles. The number of carbonyl (C=O) groups is 1. The molecule has 0 unspecified atom stereocenters. The molecule has 1 aliphatic rings. The zero-order valence-electron chi connectivity index (χ0n) is 16.8. The van der Waals surface area contributed by atoms with Crippen LogP contribution in [0, 0.1) is 5.92 Å². The molecule has 1 heterocycles. The number of halogens is 2. The lowest BCUT2D eigenvalue weighted by Gasteiger charge is -2.17. The van der Waals surface area contributed by atoms with Gasteiger partial charge in [-0.2, -0.15) is 0 Å². The van der Waals surface area contributed by atoms with Crippen molar-refractivity contribution in [1.82, 2.24) is 4.90 Å². The summed E-state index contributed by atoms with van der Waals surface area (Å²) >= 11 is 10.8. The lowest BCUT2D eigenvalue weighted by Crippen LogP contribution is -2.32. The van der Waals surface area contributed by atoms with Gasteiger partial charge in [0.05, 0.1) is 10.6 Å². The highest BCUT2D eigenvalue weighted by atomic mass is 79.9. The molecule has 3 rings (SSSR count). The highest BCUT2D eigenvalue weighted by molar-refractivity contribution is 9.10. The quantitative estimate of drug-likeness (QED) is 0.303. The Morgan fingerprint density at radius 1 is 1.27 bits per heavy atom. The van der Waals surface area contributed by atoms with Gasteiger partial charge in [0, 0.05) is 21.6 Å². The maximum Gasteiger partial charge on any atom is 0.266 e. The van der Waals surface area contributed by atoms with Gasteiger partial charge in [-0.1, -0.05) is 54.0 Å². The van der Waals surface area contributed by atoms with Crippen LogP contribution in [0.15, 0.2) is 69.5 Å². The number of hydrogen-bond donors (Lipinski definition) is 0. The van der Waals surface area contributed by atoms with Gasteiger partial charge in [0.2, 0.25) is 0 Å². The predicted octanol–water partition coefficient (Wildman–Crippen LogP) is 6.93. The summed E-state index contributed by atoms with van der Waals surface area (Å²) in [7, 11) is 0. The maximum absolute atomic E-state index is 13.2. The zero-order chi connectivity index (χ0) is 21.7. The Kier molecular flexibility index (Phi) is 7.81. The summed E-state index contributed by atoms with van der Waals surface area (Å²) in [4.78, 5) is 20.2. The standard InChI is InChI=1S/C23H22BrClN2O2S/c1-4-11-29-20-10-5-17(24)12-16(20)13-21-22(28)27(14-15(2)3)23(30-21)26-19-8-6-18(25)7-9-19/h4-10,12-13,15H,1,11,14H2,2-3H3/b21-13-,26-23?. The smallest absolute Gasteiger partial charge is 0.266 e. The Morgan fingerprint density at radius 2 is 2.00 bits per heavy atom. The van der Waals surface area contributed by atoms with Crippen LogP contribution in [0.4, 0.5) is 5.69 Å². The molecule has 156 valence electrons. The first-order valence-corrected chi connectivity index (χ1v) is 11.4. The number of ether oxygens (including phenoxy) is 1. The normalized spacial score (nSPS) is 16.7. The van der Waals surface area contributed by atoms with Gasteiger partial charge < -0.3 is 4.74 Å². The lowest BCUT2D eigenvalue weighted by molar-refractivity contribution is -0.122. The summed E-state index contributed by atoms with van der Waals surface area (Å²) in [6, 6.07) is 13.0. The van der Waals surface area contributed by atoms with E-state index in [2.05, 4.69) is 36.4 Å². The molecule has 0 aliphatic carbocycles. The van der Waals surface area contributed by atoms with Crippen LogP contribution >= 0.6 is 39.3 Å². The van der Waals surface area contributed by atoms with Gasteiger partial charge in [-0.05, 0) is 66.2 Å². The molecule has 0 radical (unpaired) electrons. The van der Waals surface area contributed by atoms with Crippen LogP contribution in [0.3, 0.4) is 0 Å². The number of carbonyl (C=O) groups excluding carboxylic acids is 1. The van der Waals surface area contributed by atoms with Gasteiger partial charge in [-0.25, -0.2) is 4.99 Å². The van der Waals surface area contributed by atoms with Crippen LogP contribution in [0.2, 0.25) is 5.02 Å². The molecule has 0 N–H and O–H groups in total. The topological polar surface area (TPSA) is 41.9 Å². The molecule has 1 aliphatic heterocycles. The molecule has 0 aromatic heterocycles. The van der Waals surface area contributed by atoms with E-state index < -0.39 is 0 Å². The SMILES string of the molecule is C=CCOc1ccc(Br)cc1/C=C1\SC(=Nc2ccc(Cl)cc2)N(CC(C)C)C1=O. The third-order valence-electron chi connectivity index (χ3n) is 4.10. The molecule has 0 spiro atoms. The van der Waals surface area contributed by atoms with Crippen LogP contribution < -0.4 is 4.74 Å². The van der Waals surface area contributed by atoms with Gasteiger partial charge in [0.25, 0.3) is 5.91 Å². The number of thioether (sulfide) groups is 1. The molecule has 0 bridgehead atoms. The summed E-state index contributed by atoms with van der Waals surface area (Å²) in [5.74, 6) is 0.940. The van der Waals surface area contributed by atoms with Crippen molar-refractivity contribution in [3.05, 3.63) is 75.1 Å². The Hall–Kier alpha value is -2.02. The lowest BCUT2D eigenvalue weighted by atomic mass is 10.1. The van der Waals surface area contributed by atoms with Crippen molar-refractivity contribution in [2.24, 2.45) is 10.9 Å². The molecular weight excluding hydrogens is 484 g/mol. The average molecular weight is 506 g/mol. The second-order valence-corrected chi connectivity index (χ2v) is 9.43. The molecule has 1 fully saturated rings. The summed E-state index contributed by atoms with van der Waals surface area (Å²) in [5.41, 5.74) is 1.57. The van der Waals surface area contributed by atoms with E-state index in [9.17, 15) is 4.79 Å². The van der Waals surface area contributed by atoms with Crippen molar-refractivity contribution < 1.29 is 9.53 Å². The van der Waals surface area contributed by atoms with Crippen molar-refractivity contribution in [3.8, 4) is 5.75 Å². The molecule has 1 saturated heterocycles. The molecule has 2 aromatic rings. The highest BCUT2D eigenvalue weighted by Gasteiger charge is 2.34. The number of benzene rings is 2. The van der Waals surface area contributed by atoms with Gasteiger partial charge in [0.1, 0.15) is 12.4 Å². The number of aliphatic imine (C=N–C) groups is 1. The molecule has 0 atom stereocenters. The van der Waals surface area contributed by atoms with E-state index in [1.807, 2.05) is 36.4 Å². The number of nitrogens with zero attached hydrogens (tertiary/aromatic N) is 2. The van der Waals surface area contributed by atoms with Crippen LogP contribution in [-0.4, -0.2) is 29.1 Å². The van der Waals surface area contributed by atoms with E-state index in [1.54, 1.807) is 23.1 Å². The minimum absolute atomic E-state index is 0.0592. The van der Waals surface area contributed by atoms with Crippen LogP contribution in [0.1, 0.15) is 19.4 Å². The first-order valence-electron chi connectivity index (χ1n) is 9.46. The van der Waals surface area contributed by atoms with Crippen molar-refractivity contribution in [2.75, 3.05) is 13.2 Å². The van der Waals surface area contributed by atoms with Crippen LogP contribution in [0.5, 0.6) is 5.75 Å². The second-order valence-electron chi connectivity index (χ2n) is 7.07. The summed E-state index contributed by atoms with van der Waals surface area (Å²) in [6.45, 7) is 8.83. The Labute approximate surface area is 194 Å². The molecule has 4 nitrogen and oxygen atoms in total. The van der Waals surface area contributed by atoms with Crippen molar-refractivity contribution in [3.63, 3.8) is 0 Å². The Bertz CT molecular complexity index is 1000. The van der Waals surface area contributed by atoms with Crippen LogP contribution in [-0.2, 0) is 4.79 Å².